The predicted molar refractivity (Wildman–Crippen MR) is 88.7 cm³/mol. The lowest BCUT2D eigenvalue weighted by Gasteiger charge is -2.32. The Bertz CT molecular complexity index is 660. The number of carboxylic acids is 1. The fraction of sp³-hybridized carbons (Fsp3) is 0.444. The van der Waals surface area contributed by atoms with Crippen molar-refractivity contribution in [3.05, 3.63) is 46.6 Å². The number of aromatic nitrogens is 2. The quantitative estimate of drug-likeness (QED) is 0.799. The van der Waals surface area contributed by atoms with Crippen LogP contribution in [0, 0.1) is 5.41 Å². The van der Waals surface area contributed by atoms with E-state index >= 15 is 0 Å². The predicted octanol–water partition coefficient (Wildman–Crippen LogP) is 4.59. The van der Waals surface area contributed by atoms with Crippen molar-refractivity contribution in [3.8, 4) is 0 Å². The van der Waals surface area contributed by atoms with E-state index in [1.54, 1.807) is 6.20 Å². The minimum absolute atomic E-state index is 0.0324. The third kappa shape index (κ3) is 3.75. The zero-order valence-corrected chi connectivity index (χ0v) is 13.7. The lowest BCUT2D eigenvalue weighted by atomic mass is 9.72. The summed E-state index contributed by atoms with van der Waals surface area (Å²) in [4.78, 5) is 17.5. The Morgan fingerprint density at radius 2 is 2.18 bits per heavy atom. The van der Waals surface area contributed by atoms with E-state index < -0.39 is 5.97 Å². The number of allylic oxidation sites excluding steroid dienone is 5. The fourth-order valence-electron chi connectivity index (χ4n) is 3.03. The third-order valence-corrected chi connectivity index (χ3v) is 4.23. The van der Waals surface area contributed by atoms with Gasteiger partial charge in [-0.25, -0.2) is 9.78 Å². The topological polar surface area (TPSA) is 66.0 Å². The van der Waals surface area contributed by atoms with E-state index in [9.17, 15) is 4.79 Å². The summed E-state index contributed by atoms with van der Waals surface area (Å²) in [6.07, 6.45) is 11.4. The maximum atomic E-state index is 10.8. The molecule has 0 unspecified atom stereocenters. The molecule has 0 saturated carbocycles. The summed E-state index contributed by atoms with van der Waals surface area (Å²) in [6, 6.07) is 0. The molecule has 4 nitrogen and oxygen atoms in total. The van der Waals surface area contributed by atoms with Gasteiger partial charge < -0.3 is 10.1 Å². The average molecular weight is 300 g/mol. The van der Waals surface area contributed by atoms with Gasteiger partial charge in [-0.2, -0.15) is 0 Å². The van der Waals surface area contributed by atoms with Crippen molar-refractivity contribution in [2.24, 2.45) is 5.41 Å². The first kappa shape index (κ1) is 16.3. The highest BCUT2D eigenvalue weighted by molar-refractivity contribution is 5.83. The van der Waals surface area contributed by atoms with Crippen LogP contribution in [0.5, 0.6) is 0 Å². The van der Waals surface area contributed by atoms with Crippen LogP contribution in [-0.2, 0) is 0 Å². The fourth-order valence-corrected chi connectivity index (χ4v) is 3.03. The highest BCUT2D eigenvalue weighted by atomic mass is 16.4. The van der Waals surface area contributed by atoms with Crippen LogP contribution in [0.4, 0.5) is 0 Å². The molecule has 4 heteroatoms. The lowest BCUT2D eigenvalue weighted by Crippen LogP contribution is -2.19. The molecule has 1 aromatic heterocycles. The van der Waals surface area contributed by atoms with Crippen molar-refractivity contribution < 1.29 is 9.90 Å². The molecule has 0 spiro atoms. The van der Waals surface area contributed by atoms with Gasteiger partial charge >= 0.3 is 5.97 Å². The number of nitrogens with zero attached hydrogens (tertiary/aromatic N) is 1. The van der Waals surface area contributed by atoms with Gasteiger partial charge in [0.15, 0.2) is 0 Å². The number of carboxylic acid groups (broad SMARTS) is 1. The molecule has 1 aliphatic rings. The number of carbonyl (C=O) groups is 1. The van der Waals surface area contributed by atoms with Gasteiger partial charge in [0, 0.05) is 6.20 Å². The number of imidazole rings is 1. The van der Waals surface area contributed by atoms with E-state index in [-0.39, 0.29) is 11.2 Å². The number of aromatic carboxylic acids is 1. The van der Waals surface area contributed by atoms with Crippen molar-refractivity contribution in [1.29, 1.82) is 0 Å². The Morgan fingerprint density at radius 1 is 1.45 bits per heavy atom. The monoisotopic (exact) mass is 300 g/mol. The number of hydrogen-bond donors (Lipinski definition) is 2. The van der Waals surface area contributed by atoms with E-state index in [0.29, 0.717) is 5.69 Å². The maximum absolute atomic E-state index is 10.8. The molecule has 1 aromatic rings. The van der Waals surface area contributed by atoms with E-state index in [2.05, 4.69) is 42.9 Å². The van der Waals surface area contributed by atoms with Gasteiger partial charge in [0.1, 0.15) is 0 Å². The van der Waals surface area contributed by atoms with Crippen molar-refractivity contribution >= 4 is 12.0 Å². The molecular formula is C18H24N2O2. The highest BCUT2D eigenvalue weighted by Gasteiger charge is 2.26. The molecule has 2 rings (SSSR count). The zero-order chi connectivity index (χ0) is 16.3. The third-order valence-electron chi connectivity index (χ3n) is 4.23. The Labute approximate surface area is 131 Å². The van der Waals surface area contributed by atoms with E-state index in [1.165, 1.54) is 30.4 Å². The van der Waals surface area contributed by atoms with Crippen molar-refractivity contribution in [1.82, 2.24) is 9.97 Å². The number of hydrogen-bond acceptors (Lipinski definition) is 2. The van der Waals surface area contributed by atoms with Gasteiger partial charge in [0.25, 0.3) is 0 Å². The Morgan fingerprint density at radius 3 is 2.77 bits per heavy atom. The second-order valence-corrected chi connectivity index (χ2v) is 6.63. The first-order valence-electron chi connectivity index (χ1n) is 7.65. The van der Waals surface area contributed by atoms with Crippen LogP contribution >= 0.6 is 0 Å². The molecule has 118 valence electrons. The highest BCUT2D eigenvalue weighted by Crippen LogP contribution is 2.40. The summed E-state index contributed by atoms with van der Waals surface area (Å²) >= 11 is 0. The minimum Gasteiger partial charge on any atom is -0.475 e. The molecule has 2 N–H and O–H groups in total. The number of H-pyrrole nitrogens is 1. The molecule has 0 aliphatic heterocycles. The molecule has 0 amide bonds. The summed E-state index contributed by atoms with van der Waals surface area (Å²) in [5.74, 6) is -1.08. The van der Waals surface area contributed by atoms with Crippen LogP contribution in [0.3, 0.4) is 0 Å². The van der Waals surface area contributed by atoms with Crippen LogP contribution in [-0.4, -0.2) is 21.0 Å². The summed E-state index contributed by atoms with van der Waals surface area (Å²) in [5.41, 5.74) is 4.79. The molecule has 0 fully saturated rings. The lowest BCUT2D eigenvalue weighted by molar-refractivity contribution is 0.0684. The van der Waals surface area contributed by atoms with E-state index in [1.807, 2.05) is 13.0 Å². The standard InChI is InChI=1S/C18H24N2O2/c1-12(10-14-11-19-16(20-14)17(21)22)7-8-15-13(2)6-5-9-18(15,3)4/h7-8,10-11H,5-6,9H2,1-4H3,(H,19,20)(H,21,22)/b8-7+,12-10+. The molecular weight excluding hydrogens is 276 g/mol. The summed E-state index contributed by atoms with van der Waals surface area (Å²) < 4.78 is 0. The maximum Gasteiger partial charge on any atom is 0.371 e. The Kier molecular flexibility index (Phi) is 4.69. The van der Waals surface area contributed by atoms with E-state index in [4.69, 9.17) is 5.11 Å². The van der Waals surface area contributed by atoms with Crippen molar-refractivity contribution in [2.75, 3.05) is 0 Å². The van der Waals surface area contributed by atoms with Gasteiger partial charge in [-0.05, 0) is 55.7 Å². The Balaban J connectivity index is 2.18. The zero-order valence-electron chi connectivity index (χ0n) is 13.7. The molecule has 0 bridgehead atoms. The Hall–Kier alpha value is -2.10. The smallest absolute Gasteiger partial charge is 0.371 e. The van der Waals surface area contributed by atoms with E-state index in [0.717, 1.165) is 5.57 Å². The summed E-state index contributed by atoms with van der Waals surface area (Å²) in [5, 5.41) is 8.86. The minimum atomic E-state index is -1.04. The molecule has 1 heterocycles. The molecule has 0 radical (unpaired) electrons. The van der Waals surface area contributed by atoms with Crippen molar-refractivity contribution in [3.63, 3.8) is 0 Å². The van der Waals surface area contributed by atoms with Gasteiger partial charge in [0.05, 0.1) is 5.69 Å². The van der Waals surface area contributed by atoms with Gasteiger partial charge in [0.2, 0.25) is 5.82 Å². The van der Waals surface area contributed by atoms with Crippen LogP contribution in [0.25, 0.3) is 6.08 Å². The first-order valence-corrected chi connectivity index (χ1v) is 7.65. The molecule has 0 atom stereocenters. The number of rotatable bonds is 4. The van der Waals surface area contributed by atoms with Crippen LogP contribution in [0.15, 0.2) is 35.1 Å². The number of aromatic amines is 1. The van der Waals surface area contributed by atoms with Gasteiger partial charge in [-0.3, -0.25) is 0 Å². The molecule has 0 saturated heterocycles. The van der Waals surface area contributed by atoms with Crippen molar-refractivity contribution in [2.45, 2.75) is 47.0 Å². The summed E-state index contributed by atoms with van der Waals surface area (Å²) in [7, 11) is 0. The molecule has 1 aliphatic carbocycles. The van der Waals surface area contributed by atoms with Crippen LogP contribution < -0.4 is 0 Å². The summed E-state index contributed by atoms with van der Waals surface area (Å²) in [6.45, 7) is 8.80. The van der Waals surface area contributed by atoms with Crippen LogP contribution in [0.1, 0.15) is 63.3 Å². The molecule has 0 aromatic carbocycles. The van der Waals surface area contributed by atoms with Gasteiger partial charge in [-0.1, -0.05) is 31.6 Å². The SMILES string of the molecule is CC1=C(/C=C/C(C)=C/c2c[nH]c(C(=O)O)n2)C(C)(C)CCC1. The van der Waals surface area contributed by atoms with Crippen LogP contribution in [0.2, 0.25) is 0 Å². The van der Waals surface area contributed by atoms with Gasteiger partial charge in [-0.15, -0.1) is 0 Å². The molecule has 22 heavy (non-hydrogen) atoms. The number of nitrogens with one attached hydrogen (secondary N) is 1. The normalized spacial score (nSPS) is 19.0. The largest absolute Gasteiger partial charge is 0.475 e. The second-order valence-electron chi connectivity index (χ2n) is 6.63. The first-order chi connectivity index (χ1) is 10.3. The average Bonchev–Trinajstić information content (AvgIpc) is 2.86. The second kappa shape index (κ2) is 6.34.